The molecule has 2 rings (SSSR count). The van der Waals surface area contributed by atoms with Gasteiger partial charge in [-0.25, -0.2) is 0 Å². The number of rotatable bonds is 6. The minimum Gasteiger partial charge on any atom is -0.472 e. The van der Waals surface area contributed by atoms with E-state index >= 15 is 0 Å². The van der Waals surface area contributed by atoms with Crippen molar-refractivity contribution in [3.8, 4) is 0 Å². The molecular weight excluding hydrogens is 226 g/mol. The Morgan fingerprint density at radius 1 is 1.28 bits per heavy atom. The third-order valence-corrected chi connectivity index (χ3v) is 3.65. The van der Waals surface area contributed by atoms with Crippen LogP contribution in [-0.4, -0.2) is 55.1 Å². The van der Waals surface area contributed by atoms with Crippen molar-refractivity contribution in [1.82, 2.24) is 15.1 Å². The predicted octanol–water partition coefficient (Wildman–Crippen LogP) is 1.40. The zero-order valence-electron chi connectivity index (χ0n) is 11.6. The first kappa shape index (κ1) is 13.6. The van der Waals surface area contributed by atoms with Crippen molar-refractivity contribution in [2.24, 2.45) is 0 Å². The Morgan fingerprint density at radius 2 is 2.06 bits per heavy atom. The standard InChI is InChI=1S/C14H25N3O/c1-13(2)17-8-6-16(7-9-17)5-4-15-11-14-3-10-18-12-14/h3,10,12-13,15H,4-9,11H2,1-2H3. The fourth-order valence-corrected chi connectivity index (χ4v) is 2.37. The van der Waals surface area contributed by atoms with E-state index in [1.807, 2.05) is 6.07 Å². The molecular formula is C14H25N3O. The number of nitrogens with one attached hydrogen (secondary N) is 1. The molecule has 0 unspecified atom stereocenters. The van der Waals surface area contributed by atoms with E-state index < -0.39 is 0 Å². The molecule has 4 nitrogen and oxygen atoms in total. The summed E-state index contributed by atoms with van der Waals surface area (Å²) in [5.74, 6) is 0. The van der Waals surface area contributed by atoms with Crippen molar-refractivity contribution in [2.75, 3.05) is 39.3 Å². The molecule has 1 fully saturated rings. The Kier molecular flexibility index (Phi) is 5.23. The van der Waals surface area contributed by atoms with Crippen LogP contribution in [0.15, 0.2) is 23.0 Å². The van der Waals surface area contributed by atoms with E-state index in [0.29, 0.717) is 6.04 Å². The Hall–Kier alpha value is -0.840. The molecule has 102 valence electrons. The number of furan rings is 1. The summed E-state index contributed by atoms with van der Waals surface area (Å²) >= 11 is 0. The molecule has 1 aromatic rings. The van der Waals surface area contributed by atoms with Crippen LogP contribution in [0.3, 0.4) is 0 Å². The zero-order chi connectivity index (χ0) is 12.8. The highest BCUT2D eigenvalue weighted by atomic mass is 16.3. The highest BCUT2D eigenvalue weighted by Crippen LogP contribution is 2.05. The fraction of sp³-hybridized carbons (Fsp3) is 0.714. The molecule has 4 heteroatoms. The van der Waals surface area contributed by atoms with E-state index in [2.05, 4.69) is 29.0 Å². The van der Waals surface area contributed by atoms with Crippen LogP contribution in [-0.2, 0) is 6.54 Å². The molecule has 1 saturated heterocycles. The SMILES string of the molecule is CC(C)N1CCN(CCNCc2ccoc2)CC1. The molecule has 0 aromatic carbocycles. The summed E-state index contributed by atoms with van der Waals surface area (Å²) in [5, 5.41) is 3.45. The van der Waals surface area contributed by atoms with Gasteiger partial charge in [0.15, 0.2) is 0 Å². The van der Waals surface area contributed by atoms with Crippen LogP contribution in [0.5, 0.6) is 0 Å². The quantitative estimate of drug-likeness (QED) is 0.774. The molecule has 18 heavy (non-hydrogen) atoms. The average Bonchev–Trinajstić information content (AvgIpc) is 2.88. The number of piperazine rings is 1. The van der Waals surface area contributed by atoms with Gasteiger partial charge in [0.05, 0.1) is 12.5 Å². The summed E-state index contributed by atoms with van der Waals surface area (Å²) < 4.78 is 5.04. The Balaban J connectivity index is 1.55. The van der Waals surface area contributed by atoms with E-state index in [1.54, 1.807) is 12.5 Å². The Labute approximate surface area is 110 Å². The minimum atomic E-state index is 0.686. The smallest absolute Gasteiger partial charge is 0.0947 e. The van der Waals surface area contributed by atoms with Crippen LogP contribution < -0.4 is 5.32 Å². The maximum Gasteiger partial charge on any atom is 0.0947 e. The van der Waals surface area contributed by atoms with Gasteiger partial charge in [-0.3, -0.25) is 9.80 Å². The first-order valence-electron chi connectivity index (χ1n) is 6.94. The number of nitrogens with zero attached hydrogens (tertiary/aromatic N) is 2. The second kappa shape index (κ2) is 6.92. The monoisotopic (exact) mass is 251 g/mol. The van der Waals surface area contributed by atoms with Crippen molar-refractivity contribution in [2.45, 2.75) is 26.4 Å². The van der Waals surface area contributed by atoms with Gasteiger partial charge < -0.3 is 9.73 Å². The third-order valence-electron chi connectivity index (χ3n) is 3.65. The van der Waals surface area contributed by atoms with E-state index in [1.165, 1.54) is 31.7 Å². The van der Waals surface area contributed by atoms with Gasteiger partial charge in [-0.1, -0.05) is 0 Å². The van der Waals surface area contributed by atoms with Gasteiger partial charge in [0.25, 0.3) is 0 Å². The second-order valence-electron chi connectivity index (χ2n) is 5.28. The van der Waals surface area contributed by atoms with Crippen LogP contribution in [0, 0.1) is 0 Å². The lowest BCUT2D eigenvalue weighted by Gasteiger charge is -2.36. The highest BCUT2D eigenvalue weighted by molar-refractivity contribution is 5.04. The molecule has 0 saturated carbocycles. The molecule has 0 atom stereocenters. The van der Waals surface area contributed by atoms with E-state index in [4.69, 9.17) is 4.42 Å². The van der Waals surface area contributed by atoms with Crippen LogP contribution in [0.25, 0.3) is 0 Å². The van der Waals surface area contributed by atoms with E-state index in [0.717, 1.165) is 19.6 Å². The van der Waals surface area contributed by atoms with Crippen molar-refractivity contribution < 1.29 is 4.42 Å². The molecule has 2 heterocycles. The van der Waals surface area contributed by atoms with Gasteiger partial charge in [0, 0.05) is 57.4 Å². The van der Waals surface area contributed by atoms with Gasteiger partial charge in [0.2, 0.25) is 0 Å². The Bertz CT molecular complexity index is 316. The molecule has 0 amide bonds. The van der Waals surface area contributed by atoms with Gasteiger partial charge >= 0.3 is 0 Å². The molecule has 1 aliphatic rings. The van der Waals surface area contributed by atoms with Gasteiger partial charge in [-0.15, -0.1) is 0 Å². The number of hydrogen-bond donors (Lipinski definition) is 1. The Morgan fingerprint density at radius 3 is 2.67 bits per heavy atom. The fourth-order valence-electron chi connectivity index (χ4n) is 2.37. The second-order valence-corrected chi connectivity index (χ2v) is 5.28. The lowest BCUT2D eigenvalue weighted by Crippen LogP contribution is -2.50. The van der Waals surface area contributed by atoms with E-state index in [9.17, 15) is 0 Å². The van der Waals surface area contributed by atoms with Crippen LogP contribution >= 0.6 is 0 Å². The topological polar surface area (TPSA) is 31.6 Å². The lowest BCUT2D eigenvalue weighted by atomic mass is 10.2. The highest BCUT2D eigenvalue weighted by Gasteiger charge is 2.17. The molecule has 1 aliphatic heterocycles. The molecule has 1 aromatic heterocycles. The zero-order valence-corrected chi connectivity index (χ0v) is 11.6. The van der Waals surface area contributed by atoms with Crippen LogP contribution in [0.4, 0.5) is 0 Å². The molecule has 0 spiro atoms. The summed E-state index contributed by atoms with van der Waals surface area (Å²) in [7, 11) is 0. The maximum atomic E-state index is 5.04. The minimum absolute atomic E-state index is 0.686. The molecule has 1 N–H and O–H groups in total. The van der Waals surface area contributed by atoms with Gasteiger partial charge in [0.1, 0.15) is 0 Å². The molecule has 0 radical (unpaired) electrons. The molecule has 0 aliphatic carbocycles. The normalized spacial score (nSPS) is 18.6. The summed E-state index contributed by atoms with van der Waals surface area (Å²) in [5.41, 5.74) is 1.22. The largest absolute Gasteiger partial charge is 0.472 e. The summed E-state index contributed by atoms with van der Waals surface area (Å²) in [4.78, 5) is 5.09. The summed E-state index contributed by atoms with van der Waals surface area (Å²) in [6.07, 6.45) is 3.52. The number of hydrogen-bond acceptors (Lipinski definition) is 4. The predicted molar refractivity (Wildman–Crippen MR) is 73.6 cm³/mol. The first-order valence-corrected chi connectivity index (χ1v) is 6.94. The van der Waals surface area contributed by atoms with Gasteiger partial charge in [-0.2, -0.15) is 0 Å². The van der Waals surface area contributed by atoms with Gasteiger partial charge in [-0.05, 0) is 19.9 Å². The third kappa shape index (κ3) is 4.12. The maximum absolute atomic E-state index is 5.04. The average molecular weight is 251 g/mol. The van der Waals surface area contributed by atoms with Crippen molar-refractivity contribution in [1.29, 1.82) is 0 Å². The van der Waals surface area contributed by atoms with Crippen LogP contribution in [0.2, 0.25) is 0 Å². The molecule has 0 bridgehead atoms. The summed E-state index contributed by atoms with van der Waals surface area (Å²) in [6, 6.07) is 2.69. The van der Waals surface area contributed by atoms with Crippen LogP contribution in [0.1, 0.15) is 19.4 Å². The van der Waals surface area contributed by atoms with Crippen molar-refractivity contribution in [3.05, 3.63) is 24.2 Å². The van der Waals surface area contributed by atoms with Crippen molar-refractivity contribution >= 4 is 0 Å². The first-order chi connectivity index (χ1) is 8.75. The van der Waals surface area contributed by atoms with Crippen molar-refractivity contribution in [3.63, 3.8) is 0 Å². The van der Waals surface area contributed by atoms with E-state index in [-0.39, 0.29) is 0 Å². The lowest BCUT2D eigenvalue weighted by molar-refractivity contribution is 0.109. The summed E-state index contributed by atoms with van der Waals surface area (Å²) in [6.45, 7) is 12.5.